The lowest BCUT2D eigenvalue weighted by atomic mass is 10.2. The zero-order chi connectivity index (χ0) is 13.1. The quantitative estimate of drug-likeness (QED) is 0.291. The highest BCUT2D eigenvalue weighted by Crippen LogP contribution is 2.12. The molecule has 1 aromatic rings. The summed E-state index contributed by atoms with van der Waals surface area (Å²) < 4.78 is 1.66. The van der Waals surface area contributed by atoms with E-state index in [1.54, 1.807) is 4.68 Å². The Balaban J connectivity index is 1.94. The van der Waals surface area contributed by atoms with Crippen molar-refractivity contribution >= 4 is 11.8 Å². The van der Waals surface area contributed by atoms with Crippen molar-refractivity contribution in [3.8, 4) is 0 Å². The molecule has 2 rings (SSSR count). The van der Waals surface area contributed by atoms with Gasteiger partial charge in [0.2, 0.25) is 5.95 Å². The van der Waals surface area contributed by atoms with E-state index in [9.17, 15) is 0 Å². The highest BCUT2D eigenvalue weighted by molar-refractivity contribution is 5.84. The Labute approximate surface area is 105 Å². The first-order valence-corrected chi connectivity index (χ1v) is 5.82. The van der Waals surface area contributed by atoms with E-state index in [1.807, 2.05) is 14.0 Å². The molecular formula is C9H18N8O. The van der Waals surface area contributed by atoms with Crippen LogP contribution >= 0.6 is 0 Å². The molecule has 1 atom stereocenters. The zero-order valence-corrected chi connectivity index (χ0v) is 10.6. The van der Waals surface area contributed by atoms with E-state index in [0.717, 1.165) is 32.1 Å². The summed E-state index contributed by atoms with van der Waals surface area (Å²) in [6.07, 6.45) is 0. The Morgan fingerprint density at radius 2 is 2.06 bits per heavy atom. The second kappa shape index (κ2) is 5.17. The Bertz CT molecular complexity index is 422. The molecule has 1 aromatic heterocycles. The average Bonchev–Trinajstić information content (AvgIpc) is 2.83. The lowest BCUT2D eigenvalue weighted by molar-refractivity contribution is 0.229. The minimum Gasteiger partial charge on any atom is -0.409 e. The van der Waals surface area contributed by atoms with Crippen LogP contribution in [0.15, 0.2) is 5.16 Å². The molecule has 2 heterocycles. The second-order valence-electron chi connectivity index (χ2n) is 4.33. The summed E-state index contributed by atoms with van der Waals surface area (Å²) in [4.78, 5) is 4.28. The lowest BCUT2D eigenvalue weighted by Gasteiger charge is -2.37. The first kappa shape index (κ1) is 12.6. The van der Waals surface area contributed by atoms with E-state index in [-0.39, 0.29) is 11.9 Å². The van der Waals surface area contributed by atoms with E-state index < -0.39 is 0 Å². The summed E-state index contributed by atoms with van der Waals surface area (Å²) in [5.41, 5.74) is 5.61. The molecule has 1 aliphatic heterocycles. The number of tetrazole rings is 1. The third-order valence-electron chi connectivity index (χ3n) is 3.29. The number of nitrogens with zero attached hydrogens (tertiary/aromatic N) is 7. The Hall–Kier alpha value is -1.90. The van der Waals surface area contributed by atoms with Crippen molar-refractivity contribution < 1.29 is 5.21 Å². The van der Waals surface area contributed by atoms with E-state index in [2.05, 4.69) is 30.5 Å². The number of rotatable bonds is 3. The molecule has 3 N–H and O–H groups in total. The fourth-order valence-electron chi connectivity index (χ4n) is 2.07. The van der Waals surface area contributed by atoms with Crippen LogP contribution in [0.2, 0.25) is 0 Å². The van der Waals surface area contributed by atoms with Gasteiger partial charge in [-0.2, -0.15) is 0 Å². The second-order valence-corrected chi connectivity index (χ2v) is 4.33. The van der Waals surface area contributed by atoms with Gasteiger partial charge in [-0.3, -0.25) is 4.90 Å². The molecule has 9 nitrogen and oxygen atoms in total. The van der Waals surface area contributed by atoms with E-state index in [0.29, 0.717) is 0 Å². The molecule has 18 heavy (non-hydrogen) atoms. The third kappa shape index (κ3) is 2.35. The fourth-order valence-corrected chi connectivity index (χ4v) is 2.07. The molecular weight excluding hydrogens is 236 g/mol. The largest absolute Gasteiger partial charge is 0.409 e. The first-order chi connectivity index (χ1) is 8.63. The highest BCUT2D eigenvalue weighted by atomic mass is 16.4. The van der Waals surface area contributed by atoms with Crippen molar-refractivity contribution in [2.45, 2.75) is 13.0 Å². The normalized spacial score (nSPS) is 20.1. The highest BCUT2D eigenvalue weighted by Gasteiger charge is 2.25. The van der Waals surface area contributed by atoms with Crippen LogP contribution in [-0.4, -0.2) is 68.4 Å². The summed E-state index contributed by atoms with van der Waals surface area (Å²) in [6, 6.07) is -0.0604. The first-order valence-electron chi connectivity index (χ1n) is 5.82. The summed E-state index contributed by atoms with van der Waals surface area (Å²) in [7, 11) is 1.82. The van der Waals surface area contributed by atoms with Crippen LogP contribution in [0.1, 0.15) is 6.92 Å². The smallest absolute Gasteiger partial charge is 0.245 e. The van der Waals surface area contributed by atoms with E-state index in [4.69, 9.17) is 10.9 Å². The van der Waals surface area contributed by atoms with Gasteiger partial charge in [0.15, 0.2) is 5.84 Å². The standard InChI is InChI=1S/C9H18N8O/c1-7(8(10)12-18)16-3-5-17(6-4-16)9-11-13-14-15(9)2/h7,18H,3-6H2,1-2H3,(H2,10,12). The maximum absolute atomic E-state index is 8.67. The van der Waals surface area contributed by atoms with Gasteiger partial charge in [-0.1, -0.05) is 10.3 Å². The fraction of sp³-hybridized carbons (Fsp3) is 0.778. The van der Waals surface area contributed by atoms with Gasteiger partial charge in [0.25, 0.3) is 0 Å². The van der Waals surface area contributed by atoms with Crippen LogP contribution in [0.4, 0.5) is 5.95 Å². The van der Waals surface area contributed by atoms with Crippen LogP contribution in [0.5, 0.6) is 0 Å². The Morgan fingerprint density at radius 3 is 2.56 bits per heavy atom. The molecule has 0 radical (unpaired) electrons. The van der Waals surface area contributed by atoms with Gasteiger partial charge in [0, 0.05) is 33.2 Å². The lowest BCUT2D eigenvalue weighted by Crippen LogP contribution is -2.53. The maximum atomic E-state index is 8.67. The molecule has 1 fully saturated rings. The van der Waals surface area contributed by atoms with Crippen LogP contribution in [0, 0.1) is 0 Å². The van der Waals surface area contributed by atoms with Crippen molar-refractivity contribution in [2.75, 3.05) is 31.1 Å². The van der Waals surface area contributed by atoms with Gasteiger partial charge >= 0.3 is 0 Å². The monoisotopic (exact) mass is 254 g/mol. The molecule has 0 aliphatic carbocycles. The van der Waals surface area contributed by atoms with Crippen LogP contribution in [-0.2, 0) is 7.05 Å². The van der Waals surface area contributed by atoms with Crippen molar-refractivity contribution in [2.24, 2.45) is 17.9 Å². The molecule has 1 aliphatic rings. The van der Waals surface area contributed by atoms with Crippen molar-refractivity contribution in [1.82, 2.24) is 25.1 Å². The van der Waals surface area contributed by atoms with Crippen LogP contribution in [0.25, 0.3) is 0 Å². The molecule has 0 spiro atoms. The number of hydrogen-bond donors (Lipinski definition) is 2. The van der Waals surface area contributed by atoms with E-state index >= 15 is 0 Å². The zero-order valence-electron chi connectivity index (χ0n) is 10.6. The minimum absolute atomic E-state index is 0.0604. The molecule has 9 heteroatoms. The number of oxime groups is 1. The molecule has 0 amide bonds. The molecule has 0 aromatic carbocycles. The summed E-state index contributed by atoms with van der Waals surface area (Å²) >= 11 is 0. The van der Waals surface area contributed by atoms with Gasteiger partial charge in [0.05, 0.1) is 6.04 Å². The molecule has 100 valence electrons. The summed E-state index contributed by atoms with van der Waals surface area (Å²) in [6.45, 7) is 5.21. The number of aryl methyl sites for hydroxylation is 1. The van der Waals surface area contributed by atoms with Crippen LogP contribution < -0.4 is 10.6 Å². The predicted molar refractivity (Wildman–Crippen MR) is 65.5 cm³/mol. The number of hydrogen-bond acceptors (Lipinski definition) is 7. The Kier molecular flexibility index (Phi) is 3.60. The van der Waals surface area contributed by atoms with Gasteiger partial charge in [-0.15, -0.1) is 0 Å². The van der Waals surface area contributed by atoms with Crippen molar-refractivity contribution in [3.05, 3.63) is 0 Å². The van der Waals surface area contributed by atoms with Crippen molar-refractivity contribution in [3.63, 3.8) is 0 Å². The van der Waals surface area contributed by atoms with E-state index in [1.165, 1.54) is 0 Å². The average molecular weight is 254 g/mol. The summed E-state index contributed by atoms with van der Waals surface area (Å²) in [5.74, 6) is 1.01. The topological polar surface area (TPSA) is 109 Å². The minimum atomic E-state index is -0.0604. The predicted octanol–water partition coefficient (Wildman–Crippen LogP) is -1.53. The van der Waals surface area contributed by atoms with Gasteiger partial charge in [-0.25, -0.2) is 4.68 Å². The van der Waals surface area contributed by atoms with Crippen molar-refractivity contribution in [1.29, 1.82) is 0 Å². The van der Waals surface area contributed by atoms with Crippen LogP contribution in [0.3, 0.4) is 0 Å². The number of nitrogens with two attached hydrogens (primary N) is 1. The molecule has 0 saturated carbocycles. The van der Waals surface area contributed by atoms with Gasteiger partial charge in [0.1, 0.15) is 0 Å². The maximum Gasteiger partial charge on any atom is 0.245 e. The van der Waals surface area contributed by atoms with Gasteiger partial charge in [-0.05, 0) is 17.4 Å². The number of aromatic nitrogens is 4. The third-order valence-corrected chi connectivity index (χ3v) is 3.29. The Morgan fingerprint density at radius 1 is 1.39 bits per heavy atom. The molecule has 1 saturated heterocycles. The number of anilines is 1. The molecule has 1 unspecified atom stereocenters. The van der Waals surface area contributed by atoms with Gasteiger partial charge < -0.3 is 15.8 Å². The SMILES string of the molecule is CC(C(N)=NO)N1CCN(c2nnnn2C)CC1. The summed E-state index contributed by atoms with van der Waals surface area (Å²) in [5, 5.41) is 23.1. The number of amidine groups is 1. The molecule has 0 bridgehead atoms. The number of piperazine rings is 1.